The third-order valence-corrected chi connectivity index (χ3v) is 8.79. The van der Waals surface area contributed by atoms with E-state index in [0.717, 1.165) is 45.2 Å². The van der Waals surface area contributed by atoms with Crippen molar-refractivity contribution >= 4 is 17.8 Å². The molecule has 192 valence electrons. The van der Waals surface area contributed by atoms with Crippen LogP contribution in [0.5, 0.6) is 0 Å². The van der Waals surface area contributed by atoms with Crippen molar-refractivity contribution in [3.8, 4) is 0 Å². The van der Waals surface area contributed by atoms with E-state index in [9.17, 15) is 19.5 Å². The van der Waals surface area contributed by atoms with E-state index in [1.54, 1.807) is 0 Å². The average molecular weight is 486 g/mol. The van der Waals surface area contributed by atoms with Gasteiger partial charge in [-0.25, -0.2) is 4.79 Å². The quantitative estimate of drug-likeness (QED) is 0.364. The largest absolute Gasteiger partial charge is 0.457 e. The minimum absolute atomic E-state index is 0.0180. The van der Waals surface area contributed by atoms with E-state index >= 15 is 0 Å². The van der Waals surface area contributed by atoms with Crippen LogP contribution >= 0.6 is 0 Å². The van der Waals surface area contributed by atoms with Crippen molar-refractivity contribution in [2.24, 2.45) is 11.3 Å². The number of aliphatic hydroxyl groups is 1. The first-order chi connectivity index (χ1) is 16.6. The predicted molar refractivity (Wildman–Crippen MR) is 132 cm³/mol. The highest BCUT2D eigenvalue weighted by molar-refractivity contribution is 6.06. The SMILES string of the molecule is CC(C)N1C(=O)CC2(CC[N+](C)(CCOC(=O)[C@](O)(c3ccccc3)C3CCCCC3)CC2)C1=O. The summed E-state index contributed by atoms with van der Waals surface area (Å²) >= 11 is 0. The fourth-order valence-electron chi connectivity index (χ4n) is 6.36. The molecule has 7 nitrogen and oxygen atoms in total. The van der Waals surface area contributed by atoms with E-state index in [1.807, 2.05) is 44.2 Å². The van der Waals surface area contributed by atoms with Crippen LogP contribution in [0.3, 0.4) is 0 Å². The lowest BCUT2D eigenvalue weighted by atomic mass is 9.73. The monoisotopic (exact) mass is 485 g/mol. The third-order valence-electron chi connectivity index (χ3n) is 8.79. The first-order valence-corrected chi connectivity index (χ1v) is 13.3. The number of likely N-dealkylation sites (N-methyl/N-ethyl adjacent to an activating group) is 1. The molecular formula is C28H41N2O5+. The van der Waals surface area contributed by atoms with Gasteiger partial charge in [0.25, 0.3) is 0 Å². The molecule has 1 aromatic carbocycles. The Balaban J connectivity index is 1.37. The molecule has 0 aromatic heterocycles. The minimum atomic E-state index is -1.62. The van der Waals surface area contributed by atoms with Crippen LogP contribution < -0.4 is 0 Å². The second-order valence-electron chi connectivity index (χ2n) is 11.5. The van der Waals surface area contributed by atoms with E-state index in [1.165, 1.54) is 4.90 Å². The van der Waals surface area contributed by atoms with Gasteiger partial charge >= 0.3 is 5.97 Å². The minimum Gasteiger partial charge on any atom is -0.457 e. The summed E-state index contributed by atoms with van der Waals surface area (Å²) < 4.78 is 6.44. The number of rotatable bonds is 7. The molecular weight excluding hydrogens is 444 g/mol. The van der Waals surface area contributed by atoms with Crippen molar-refractivity contribution in [3.05, 3.63) is 35.9 Å². The molecule has 3 fully saturated rings. The molecule has 0 unspecified atom stereocenters. The van der Waals surface area contributed by atoms with Gasteiger partial charge in [-0.15, -0.1) is 0 Å². The summed E-state index contributed by atoms with van der Waals surface area (Å²) in [6, 6.07) is 9.10. The van der Waals surface area contributed by atoms with Crippen LogP contribution in [-0.4, -0.2) is 71.6 Å². The Morgan fingerprint density at radius 3 is 2.34 bits per heavy atom. The van der Waals surface area contributed by atoms with E-state index in [-0.39, 0.29) is 30.4 Å². The molecule has 2 amide bonds. The molecule has 2 saturated heterocycles. The van der Waals surface area contributed by atoms with Crippen molar-refractivity contribution in [1.29, 1.82) is 0 Å². The second kappa shape index (κ2) is 10.0. The molecule has 1 N–H and O–H groups in total. The molecule has 2 heterocycles. The molecule has 1 aromatic rings. The molecule has 2 aliphatic heterocycles. The number of carbonyl (C=O) groups is 3. The van der Waals surface area contributed by atoms with Gasteiger partial charge in [0.05, 0.1) is 25.6 Å². The van der Waals surface area contributed by atoms with Gasteiger partial charge in [0.15, 0.2) is 5.60 Å². The lowest BCUT2D eigenvalue weighted by molar-refractivity contribution is -0.916. The zero-order valence-electron chi connectivity index (χ0n) is 21.5. The molecule has 35 heavy (non-hydrogen) atoms. The first-order valence-electron chi connectivity index (χ1n) is 13.3. The van der Waals surface area contributed by atoms with Gasteiger partial charge < -0.3 is 14.3 Å². The van der Waals surface area contributed by atoms with E-state index in [0.29, 0.717) is 35.9 Å². The molecule has 1 saturated carbocycles. The zero-order valence-corrected chi connectivity index (χ0v) is 21.5. The summed E-state index contributed by atoms with van der Waals surface area (Å²) in [6.07, 6.45) is 6.44. The molecule has 7 heteroatoms. The Morgan fingerprint density at radius 2 is 1.77 bits per heavy atom. The van der Waals surface area contributed by atoms with Gasteiger partial charge in [0.1, 0.15) is 13.2 Å². The Morgan fingerprint density at radius 1 is 1.14 bits per heavy atom. The summed E-state index contributed by atoms with van der Waals surface area (Å²) in [7, 11) is 2.12. The fraction of sp³-hybridized carbons (Fsp3) is 0.679. The smallest absolute Gasteiger partial charge is 0.343 e. The molecule has 4 rings (SSSR count). The lowest BCUT2D eigenvalue weighted by Gasteiger charge is -2.44. The van der Waals surface area contributed by atoms with Crippen molar-refractivity contribution in [2.75, 3.05) is 33.3 Å². The number of hydrogen-bond donors (Lipinski definition) is 1. The van der Waals surface area contributed by atoms with Crippen LogP contribution in [0.4, 0.5) is 0 Å². The standard InChI is InChI=1S/C28H41N2O5/c1-21(2)29-24(31)20-27(25(29)32)14-16-30(3,17-15-27)18-19-35-26(33)28(34,22-10-6-4-7-11-22)23-12-8-5-9-13-23/h4,6-7,10-11,21,23,34H,5,8-9,12-20H2,1-3H3/q+1/t27?,28-,30?/m0/s1. The van der Waals surface area contributed by atoms with E-state index in [4.69, 9.17) is 4.74 Å². The second-order valence-corrected chi connectivity index (χ2v) is 11.5. The zero-order chi connectivity index (χ0) is 25.3. The third kappa shape index (κ3) is 4.90. The fourth-order valence-corrected chi connectivity index (χ4v) is 6.36. The van der Waals surface area contributed by atoms with Crippen LogP contribution in [0.25, 0.3) is 0 Å². The molecule has 0 radical (unpaired) electrons. The normalized spacial score (nSPS) is 29.6. The van der Waals surface area contributed by atoms with Gasteiger partial charge in [-0.05, 0) is 32.3 Å². The summed E-state index contributed by atoms with van der Waals surface area (Å²) in [6.45, 7) is 6.12. The first kappa shape index (κ1) is 25.8. The number of nitrogens with zero attached hydrogens (tertiary/aromatic N) is 2. The number of piperidine rings is 1. The Kier molecular flexibility index (Phi) is 7.39. The van der Waals surface area contributed by atoms with Crippen molar-refractivity contribution < 1.29 is 28.7 Å². The highest BCUT2D eigenvalue weighted by Gasteiger charge is 2.55. The Bertz CT molecular complexity index is 932. The molecule has 1 aliphatic carbocycles. The Hall–Kier alpha value is -2.25. The average Bonchev–Trinajstić information content (AvgIpc) is 3.11. The van der Waals surface area contributed by atoms with Crippen molar-refractivity contribution in [1.82, 2.24) is 4.90 Å². The predicted octanol–water partition coefficient (Wildman–Crippen LogP) is 3.39. The lowest BCUT2D eigenvalue weighted by Crippen LogP contribution is -2.56. The highest BCUT2D eigenvalue weighted by Crippen LogP contribution is 2.44. The highest BCUT2D eigenvalue weighted by atomic mass is 16.5. The molecule has 1 spiro atoms. The maximum absolute atomic E-state index is 13.3. The van der Waals surface area contributed by atoms with Gasteiger partial charge in [-0.3, -0.25) is 14.5 Å². The molecule has 3 aliphatic rings. The van der Waals surface area contributed by atoms with Gasteiger partial charge in [0, 0.05) is 31.2 Å². The number of carbonyl (C=O) groups excluding carboxylic acids is 3. The van der Waals surface area contributed by atoms with Crippen LogP contribution in [-0.2, 0) is 24.7 Å². The Labute approximate surface area is 209 Å². The molecule has 0 bridgehead atoms. The summed E-state index contributed by atoms with van der Waals surface area (Å²) in [5.41, 5.74) is -1.58. The number of ether oxygens (including phenoxy) is 1. The molecule has 1 atom stereocenters. The maximum Gasteiger partial charge on any atom is 0.343 e. The van der Waals surface area contributed by atoms with Gasteiger partial charge in [-0.1, -0.05) is 49.6 Å². The number of imide groups is 1. The van der Waals surface area contributed by atoms with Crippen LogP contribution in [0, 0.1) is 11.3 Å². The summed E-state index contributed by atoms with van der Waals surface area (Å²) in [5, 5.41) is 11.7. The van der Waals surface area contributed by atoms with Crippen LogP contribution in [0.2, 0.25) is 0 Å². The van der Waals surface area contributed by atoms with Gasteiger partial charge in [0.2, 0.25) is 11.8 Å². The van der Waals surface area contributed by atoms with Crippen molar-refractivity contribution in [3.63, 3.8) is 0 Å². The number of benzene rings is 1. The van der Waals surface area contributed by atoms with E-state index < -0.39 is 17.0 Å². The summed E-state index contributed by atoms with van der Waals surface area (Å²) in [4.78, 5) is 40.3. The topological polar surface area (TPSA) is 83.9 Å². The van der Waals surface area contributed by atoms with Gasteiger partial charge in [-0.2, -0.15) is 0 Å². The number of esters is 1. The number of amides is 2. The van der Waals surface area contributed by atoms with Crippen LogP contribution in [0.15, 0.2) is 30.3 Å². The van der Waals surface area contributed by atoms with Crippen molar-refractivity contribution in [2.45, 2.75) is 76.9 Å². The number of hydrogen-bond acceptors (Lipinski definition) is 5. The number of quaternary nitrogens is 1. The van der Waals surface area contributed by atoms with Crippen LogP contribution in [0.1, 0.15) is 70.8 Å². The summed E-state index contributed by atoms with van der Waals surface area (Å²) in [5.74, 6) is -0.770. The maximum atomic E-state index is 13.3. The van der Waals surface area contributed by atoms with E-state index in [2.05, 4.69) is 7.05 Å². The number of likely N-dealkylation sites (tertiary alicyclic amines) is 2.